The van der Waals surface area contributed by atoms with Crippen LogP contribution in [0.2, 0.25) is 5.02 Å². The predicted molar refractivity (Wildman–Crippen MR) is 82.8 cm³/mol. The van der Waals surface area contributed by atoms with Crippen LogP contribution < -0.4 is 0 Å². The van der Waals surface area contributed by atoms with Crippen molar-refractivity contribution in [1.29, 1.82) is 0 Å². The highest BCUT2D eigenvalue weighted by Gasteiger charge is 2.12. The number of nitrogens with zero attached hydrogens (tertiary/aromatic N) is 4. The van der Waals surface area contributed by atoms with Crippen LogP contribution in [-0.2, 0) is 19.4 Å². The van der Waals surface area contributed by atoms with Gasteiger partial charge in [-0.3, -0.25) is 0 Å². The number of halogens is 2. The van der Waals surface area contributed by atoms with Crippen molar-refractivity contribution in [2.75, 3.05) is 5.88 Å². The molecule has 0 radical (unpaired) electrons. The highest BCUT2D eigenvalue weighted by atomic mass is 35.5. The van der Waals surface area contributed by atoms with Gasteiger partial charge in [0.15, 0.2) is 5.65 Å². The van der Waals surface area contributed by atoms with Crippen LogP contribution in [0, 0.1) is 0 Å². The van der Waals surface area contributed by atoms with Gasteiger partial charge >= 0.3 is 0 Å². The topological polar surface area (TPSA) is 43.6 Å². The molecule has 0 unspecified atom stereocenters. The average molecular weight is 327 g/mol. The van der Waals surface area contributed by atoms with Crippen molar-refractivity contribution in [2.45, 2.75) is 19.4 Å². The average Bonchev–Trinajstić information content (AvgIpc) is 3.04. The molecule has 0 aliphatic heterocycles. The number of imidazole rings is 1. The van der Waals surface area contributed by atoms with Crippen LogP contribution in [0.25, 0.3) is 11.2 Å². The maximum atomic E-state index is 5.97. The number of aryl methyl sites for hydroxylation is 3. The summed E-state index contributed by atoms with van der Waals surface area (Å²) >= 11 is 13.4. The Hall–Kier alpha value is -1.17. The number of aromatic nitrogens is 4. The van der Waals surface area contributed by atoms with Crippen LogP contribution in [0.15, 0.2) is 23.2 Å². The van der Waals surface area contributed by atoms with Gasteiger partial charge in [-0.1, -0.05) is 11.6 Å². The minimum atomic E-state index is 0.535. The fraction of sp³-hybridized carbons (Fsp3) is 0.308. The predicted octanol–water partition coefficient (Wildman–Crippen LogP) is 3.57. The zero-order chi connectivity index (χ0) is 13.9. The van der Waals surface area contributed by atoms with Crippen molar-refractivity contribution in [3.05, 3.63) is 39.7 Å². The van der Waals surface area contributed by atoms with E-state index in [1.54, 1.807) is 17.5 Å². The number of pyridine rings is 1. The summed E-state index contributed by atoms with van der Waals surface area (Å²) in [6.45, 7) is 0.793. The molecule has 0 aliphatic carbocycles. The Balaban J connectivity index is 1.95. The standard InChI is InChI=1S/C13H12Cl2N4S/c14-3-1-12-18-11-5-9(15)6-16-13(11)19(12)4-2-10-7-20-8-17-10/h5-8H,1-4H2. The molecule has 0 aliphatic rings. The Kier molecular flexibility index (Phi) is 4.19. The molecule has 3 aromatic heterocycles. The third-order valence-electron chi connectivity index (χ3n) is 3.02. The zero-order valence-corrected chi connectivity index (χ0v) is 12.9. The summed E-state index contributed by atoms with van der Waals surface area (Å²) in [6.07, 6.45) is 3.22. The minimum absolute atomic E-state index is 0.535. The monoisotopic (exact) mass is 326 g/mol. The number of hydrogen-bond acceptors (Lipinski definition) is 4. The molecule has 0 saturated heterocycles. The van der Waals surface area contributed by atoms with E-state index in [9.17, 15) is 0 Å². The van der Waals surface area contributed by atoms with E-state index in [-0.39, 0.29) is 0 Å². The first kappa shape index (κ1) is 13.8. The summed E-state index contributed by atoms with van der Waals surface area (Å²) in [5.41, 5.74) is 4.60. The molecule has 7 heteroatoms. The van der Waals surface area contributed by atoms with Crippen molar-refractivity contribution in [2.24, 2.45) is 0 Å². The molecule has 3 rings (SSSR count). The molecule has 0 N–H and O–H groups in total. The van der Waals surface area contributed by atoms with Crippen LogP contribution in [0.4, 0.5) is 0 Å². The maximum Gasteiger partial charge on any atom is 0.160 e. The highest BCUT2D eigenvalue weighted by molar-refractivity contribution is 7.07. The minimum Gasteiger partial charge on any atom is -0.312 e. The zero-order valence-electron chi connectivity index (χ0n) is 10.6. The van der Waals surface area contributed by atoms with Crippen LogP contribution in [0.3, 0.4) is 0 Å². The summed E-state index contributed by atoms with van der Waals surface area (Å²) in [7, 11) is 0. The molecule has 4 nitrogen and oxygen atoms in total. The molecule has 0 fully saturated rings. The second kappa shape index (κ2) is 6.08. The normalized spacial score (nSPS) is 11.3. The lowest BCUT2D eigenvalue weighted by Crippen LogP contribution is -2.07. The quantitative estimate of drug-likeness (QED) is 0.673. The van der Waals surface area contributed by atoms with Gasteiger partial charge in [-0.05, 0) is 6.07 Å². The van der Waals surface area contributed by atoms with E-state index >= 15 is 0 Å². The van der Waals surface area contributed by atoms with Crippen molar-refractivity contribution >= 4 is 45.7 Å². The van der Waals surface area contributed by atoms with E-state index in [4.69, 9.17) is 23.2 Å². The van der Waals surface area contributed by atoms with E-state index in [0.717, 1.165) is 35.6 Å². The molecule has 3 aromatic rings. The molecule has 0 aromatic carbocycles. The molecule has 104 valence electrons. The SMILES string of the molecule is ClCCc1nc2cc(Cl)cnc2n1CCc1cscn1. The summed E-state index contributed by atoms with van der Waals surface area (Å²) < 4.78 is 2.10. The van der Waals surface area contributed by atoms with Gasteiger partial charge in [-0.2, -0.15) is 0 Å². The van der Waals surface area contributed by atoms with E-state index in [1.807, 2.05) is 11.6 Å². The highest BCUT2D eigenvalue weighted by Crippen LogP contribution is 2.19. The number of rotatable bonds is 5. The second-order valence-electron chi connectivity index (χ2n) is 4.34. The smallest absolute Gasteiger partial charge is 0.160 e. The van der Waals surface area contributed by atoms with Gasteiger partial charge in [-0.15, -0.1) is 22.9 Å². The third kappa shape index (κ3) is 2.80. The van der Waals surface area contributed by atoms with Crippen molar-refractivity contribution in [3.63, 3.8) is 0 Å². The molecule has 20 heavy (non-hydrogen) atoms. The van der Waals surface area contributed by atoms with E-state index in [0.29, 0.717) is 17.3 Å². The van der Waals surface area contributed by atoms with Crippen molar-refractivity contribution in [1.82, 2.24) is 19.5 Å². The van der Waals surface area contributed by atoms with Crippen molar-refractivity contribution < 1.29 is 0 Å². The Morgan fingerprint density at radius 1 is 1.25 bits per heavy atom. The van der Waals surface area contributed by atoms with Crippen LogP contribution >= 0.6 is 34.5 Å². The molecule has 0 amide bonds. The van der Waals surface area contributed by atoms with Crippen molar-refractivity contribution in [3.8, 4) is 0 Å². The first-order valence-electron chi connectivity index (χ1n) is 6.21. The summed E-state index contributed by atoms with van der Waals surface area (Å²) in [5.74, 6) is 1.48. The molecular weight excluding hydrogens is 315 g/mol. The van der Waals surface area contributed by atoms with E-state index < -0.39 is 0 Å². The molecular formula is C13H12Cl2N4S. The number of alkyl halides is 1. The van der Waals surface area contributed by atoms with Gasteiger partial charge in [0.1, 0.15) is 11.3 Å². The van der Waals surface area contributed by atoms with Gasteiger partial charge in [-0.25, -0.2) is 15.0 Å². The lowest BCUT2D eigenvalue weighted by atomic mass is 10.3. The Morgan fingerprint density at radius 3 is 2.90 bits per heavy atom. The molecule has 0 spiro atoms. The Labute approximate surface area is 130 Å². The third-order valence-corrected chi connectivity index (χ3v) is 4.05. The van der Waals surface area contributed by atoms with Gasteiger partial charge in [0.2, 0.25) is 0 Å². The van der Waals surface area contributed by atoms with Gasteiger partial charge in [0, 0.05) is 36.8 Å². The summed E-state index contributed by atoms with van der Waals surface area (Å²) in [4.78, 5) is 13.3. The first-order valence-corrected chi connectivity index (χ1v) is 8.07. The number of hydrogen-bond donors (Lipinski definition) is 0. The first-order chi connectivity index (χ1) is 9.78. The Morgan fingerprint density at radius 2 is 2.15 bits per heavy atom. The van der Waals surface area contributed by atoms with Crippen LogP contribution in [0.5, 0.6) is 0 Å². The molecule has 0 bridgehead atoms. The number of fused-ring (bicyclic) bond motifs is 1. The van der Waals surface area contributed by atoms with Crippen LogP contribution in [0.1, 0.15) is 11.5 Å². The maximum absolute atomic E-state index is 5.97. The summed E-state index contributed by atoms with van der Waals surface area (Å²) in [6, 6.07) is 1.83. The number of thiazole rings is 1. The van der Waals surface area contributed by atoms with Gasteiger partial charge in [0.05, 0.1) is 16.2 Å². The lowest BCUT2D eigenvalue weighted by Gasteiger charge is -2.06. The fourth-order valence-electron chi connectivity index (χ4n) is 2.13. The van der Waals surface area contributed by atoms with Gasteiger partial charge < -0.3 is 4.57 Å². The van der Waals surface area contributed by atoms with Crippen LogP contribution in [-0.4, -0.2) is 25.4 Å². The summed E-state index contributed by atoms with van der Waals surface area (Å²) in [5, 5.41) is 2.66. The fourth-order valence-corrected chi connectivity index (χ4v) is 3.05. The van der Waals surface area contributed by atoms with Gasteiger partial charge in [0.25, 0.3) is 0 Å². The molecule has 3 heterocycles. The molecule has 0 saturated carbocycles. The second-order valence-corrected chi connectivity index (χ2v) is 5.88. The lowest BCUT2D eigenvalue weighted by molar-refractivity contribution is 0.663. The van der Waals surface area contributed by atoms with E-state index in [1.165, 1.54) is 0 Å². The van der Waals surface area contributed by atoms with E-state index in [2.05, 4.69) is 24.9 Å². The largest absolute Gasteiger partial charge is 0.312 e. The molecule has 0 atom stereocenters. The Bertz CT molecular complexity index is 709.